The second kappa shape index (κ2) is 6.87. The van der Waals surface area contributed by atoms with Crippen LogP contribution in [0.2, 0.25) is 0 Å². The van der Waals surface area contributed by atoms with Gasteiger partial charge in [-0.2, -0.15) is 5.06 Å². The van der Waals surface area contributed by atoms with Crippen molar-refractivity contribution in [2.45, 2.75) is 89.5 Å². The number of carbonyl (C=O) groups excluding carboxylic acids is 2. The molecule has 0 N–H and O–H groups in total. The Morgan fingerprint density at radius 2 is 1.33 bits per heavy atom. The molecular weight excluding hydrogens is 380 g/mol. The topological polar surface area (TPSA) is 59.1 Å². The maximum atomic E-state index is 12.8. The average molecular weight is 413 g/mol. The number of carbonyl (C=O) groups is 2. The fourth-order valence-corrected chi connectivity index (χ4v) is 6.25. The van der Waals surface area contributed by atoms with Crippen LogP contribution in [0.25, 0.3) is 0 Å². The van der Waals surface area contributed by atoms with E-state index in [1.807, 2.05) is 0 Å². The molecule has 0 spiro atoms. The number of hydrogen-bond donors (Lipinski definition) is 0. The van der Waals surface area contributed by atoms with Crippen LogP contribution in [0.1, 0.15) is 86.9 Å². The van der Waals surface area contributed by atoms with Crippen molar-refractivity contribution in [2.75, 3.05) is 0 Å². The number of rotatable bonds is 4. The highest BCUT2D eigenvalue weighted by Crippen LogP contribution is 2.50. The molecule has 4 atom stereocenters. The molecule has 2 unspecified atom stereocenters. The zero-order valence-corrected chi connectivity index (χ0v) is 18.4. The molecule has 2 amide bonds. The summed E-state index contributed by atoms with van der Waals surface area (Å²) in [5.74, 6) is -0.00412. The van der Waals surface area contributed by atoms with Crippen molar-refractivity contribution >= 4 is 11.8 Å². The van der Waals surface area contributed by atoms with Crippen molar-refractivity contribution in [3.8, 4) is 0 Å². The zero-order chi connectivity index (χ0) is 21.3. The lowest BCUT2D eigenvalue weighted by Gasteiger charge is -2.53. The molecule has 2 aliphatic carbocycles. The summed E-state index contributed by atoms with van der Waals surface area (Å²) in [6, 6.07) is 6.92. The highest BCUT2D eigenvalue weighted by Gasteiger charge is 2.55. The van der Waals surface area contributed by atoms with E-state index in [2.05, 4.69) is 32.8 Å². The van der Waals surface area contributed by atoms with Gasteiger partial charge < -0.3 is 0 Å². The second-order valence-electron chi connectivity index (χ2n) is 10.7. The van der Waals surface area contributed by atoms with Crippen molar-refractivity contribution in [1.29, 1.82) is 0 Å². The van der Waals surface area contributed by atoms with Crippen LogP contribution in [0.15, 0.2) is 24.3 Å². The predicted octanol–water partition coefficient (Wildman–Crippen LogP) is 4.36. The van der Waals surface area contributed by atoms with Gasteiger partial charge in [0.15, 0.2) is 0 Å². The molecular formula is C24H32N2O4. The van der Waals surface area contributed by atoms with Gasteiger partial charge in [-0.25, -0.2) is 0 Å². The minimum atomic E-state index is -0.365. The first kappa shape index (κ1) is 20.2. The molecule has 2 heterocycles. The number of nitrogens with zero attached hydrogens (tertiary/aromatic N) is 2. The van der Waals surface area contributed by atoms with Gasteiger partial charge in [-0.3, -0.25) is 19.3 Å². The smallest absolute Gasteiger partial charge is 0.285 e. The predicted molar refractivity (Wildman–Crippen MR) is 111 cm³/mol. The molecule has 2 aliphatic heterocycles. The Kier molecular flexibility index (Phi) is 4.62. The van der Waals surface area contributed by atoms with Gasteiger partial charge in [-0.1, -0.05) is 12.1 Å². The minimum Gasteiger partial charge on any atom is -0.292 e. The molecule has 6 heteroatoms. The maximum absolute atomic E-state index is 12.8. The number of piperidine rings is 1. The highest BCUT2D eigenvalue weighted by molar-refractivity contribution is 6.20. The number of fused-ring (bicyclic) bond motifs is 3. The van der Waals surface area contributed by atoms with E-state index in [9.17, 15) is 9.59 Å². The first-order valence-corrected chi connectivity index (χ1v) is 11.3. The molecule has 1 aromatic rings. The lowest BCUT2D eigenvalue weighted by molar-refractivity contribution is -0.334. The van der Waals surface area contributed by atoms with Gasteiger partial charge in [0.1, 0.15) is 12.2 Å². The van der Waals surface area contributed by atoms with E-state index in [1.165, 1.54) is 6.42 Å². The van der Waals surface area contributed by atoms with E-state index in [-0.39, 0.29) is 35.1 Å². The molecule has 2 saturated carbocycles. The van der Waals surface area contributed by atoms with E-state index in [0.717, 1.165) is 37.2 Å². The van der Waals surface area contributed by atoms with Crippen LogP contribution in [0.4, 0.5) is 0 Å². The summed E-state index contributed by atoms with van der Waals surface area (Å²) in [7, 11) is 0. The van der Waals surface area contributed by atoms with Crippen LogP contribution >= 0.6 is 0 Å². The number of hydroxylamine groups is 4. The van der Waals surface area contributed by atoms with Crippen LogP contribution in [0.3, 0.4) is 0 Å². The summed E-state index contributed by atoms with van der Waals surface area (Å²) < 4.78 is 0. The van der Waals surface area contributed by atoms with Crippen LogP contribution in [0.5, 0.6) is 0 Å². The summed E-state index contributed by atoms with van der Waals surface area (Å²) >= 11 is 0. The lowest BCUT2D eigenvalue weighted by atomic mass is 9.82. The van der Waals surface area contributed by atoms with Crippen molar-refractivity contribution in [3.63, 3.8) is 0 Å². The SMILES string of the molecule is CC1(C)CCCC(C)(C)N1O[C@H]1C2CCC(C2)[C@@H]1ON1C(=O)c2ccccc2C1=O. The molecule has 0 radical (unpaired) electrons. The fourth-order valence-electron chi connectivity index (χ4n) is 6.25. The van der Waals surface area contributed by atoms with E-state index in [1.54, 1.807) is 24.3 Å². The average Bonchev–Trinajstić information content (AvgIpc) is 3.35. The third-order valence-electron chi connectivity index (χ3n) is 7.65. The Hall–Kier alpha value is -1.76. The van der Waals surface area contributed by atoms with Gasteiger partial charge in [-0.15, -0.1) is 5.06 Å². The summed E-state index contributed by atoms with van der Waals surface area (Å²) in [6.07, 6.45) is 6.15. The van der Waals surface area contributed by atoms with Gasteiger partial charge in [0.05, 0.1) is 11.1 Å². The van der Waals surface area contributed by atoms with Crippen molar-refractivity contribution in [2.24, 2.45) is 11.8 Å². The van der Waals surface area contributed by atoms with Crippen molar-refractivity contribution in [1.82, 2.24) is 10.1 Å². The Labute approximate surface area is 178 Å². The fraction of sp³-hybridized carbons (Fsp3) is 0.667. The van der Waals surface area contributed by atoms with E-state index in [0.29, 0.717) is 23.0 Å². The third kappa shape index (κ3) is 3.03. The van der Waals surface area contributed by atoms with Gasteiger partial charge in [0.25, 0.3) is 11.8 Å². The number of amides is 2. The molecule has 162 valence electrons. The Balaban J connectivity index is 1.39. The lowest BCUT2D eigenvalue weighted by Crippen LogP contribution is -2.61. The summed E-state index contributed by atoms with van der Waals surface area (Å²) in [4.78, 5) is 38.6. The first-order chi connectivity index (χ1) is 14.2. The molecule has 1 aromatic carbocycles. The standard InChI is InChI=1S/C24H32N2O4/c1-23(2)12-7-13-24(3,4)26(23)30-20-16-11-10-15(14-16)19(20)29-25-21(27)17-8-5-6-9-18(17)22(25)28/h5-6,8-9,15-16,19-20H,7,10-14H2,1-4H3/t15?,16?,19-,20-/m0/s1. The Morgan fingerprint density at radius 3 is 1.87 bits per heavy atom. The summed E-state index contributed by atoms with van der Waals surface area (Å²) in [5.41, 5.74) is 0.704. The van der Waals surface area contributed by atoms with Gasteiger partial charge in [0.2, 0.25) is 0 Å². The van der Waals surface area contributed by atoms with Gasteiger partial charge in [0, 0.05) is 11.1 Å². The normalized spacial score (nSPS) is 34.6. The van der Waals surface area contributed by atoms with Crippen LogP contribution < -0.4 is 0 Å². The largest absolute Gasteiger partial charge is 0.292 e. The van der Waals surface area contributed by atoms with E-state index >= 15 is 0 Å². The van der Waals surface area contributed by atoms with Crippen molar-refractivity contribution < 1.29 is 19.3 Å². The van der Waals surface area contributed by atoms with Gasteiger partial charge in [-0.05, 0) is 90.2 Å². The maximum Gasteiger partial charge on any atom is 0.285 e. The number of imide groups is 1. The zero-order valence-electron chi connectivity index (χ0n) is 18.4. The minimum absolute atomic E-state index is 0.0658. The Bertz CT molecular complexity index is 829. The number of benzene rings is 1. The molecule has 1 saturated heterocycles. The molecule has 5 rings (SSSR count). The van der Waals surface area contributed by atoms with E-state index in [4.69, 9.17) is 9.68 Å². The highest BCUT2D eigenvalue weighted by atomic mass is 16.7. The molecule has 6 nitrogen and oxygen atoms in total. The second-order valence-corrected chi connectivity index (χ2v) is 10.7. The van der Waals surface area contributed by atoms with Crippen LogP contribution in [-0.2, 0) is 9.68 Å². The molecule has 4 aliphatic rings. The van der Waals surface area contributed by atoms with Crippen LogP contribution in [-0.4, -0.2) is 45.2 Å². The molecule has 0 aromatic heterocycles. The quantitative estimate of drug-likeness (QED) is 0.688. The first-order valence-electron chi connectivity index (χ1n) is 11.3. The van der Waals surface area contributed by atoms with Crippen LogP contribution in [0, 0.1) is 11.8 Å². The Morgan fingerprint density at radius 1 is 0.833 bits per heavy atom. The van der Waals surface area contributed by atoms with Gasteiger partial charge >= 0.3 is 0 Å². The number of hydrogen-bond acceptors (Lipinski definition) is 5. The van der Waals surface area contributed by atoms with E-state index < -0.39 is 0 Å². The monoisotopic (exact) mass is 412 g/mol. The third-order valence-corrected chi connectivity index (χ3v) is 7.65. The molecule has 3 fully saturated rings. The molecule has 2 bridgehead atoms. The molecule has 30 heavy (non-hydrogen) atoms. The van der Waals surface area contributed by atoms with Crippen molar-refractivity contribution in [3.05, 3.63) is 35.4 Å². The summed E-state index contributed by atoms with van der Waals surface area (Å²) in [5, 5.41) is 3.17. The summed E-state index contributed by atoms with van der Waals surface area (Å²) in [6.45, 7) is 8.95.